The van der Waals surface area contributed by atoms with Crippen LogP contribution in [0.2, 0.25) is 0 Å². The molecule has 1 heteroatoms. The Morgan fingerprint density at radius 3 is 2.23 bits per heavy atom. The molecule has 1 N–H and O–H groups in total. The highest BCUT2D eigenvalue weighted by molar-refractivity contribution is 5.16. The molecular formula is C21H39N. The van der Waals surface area contributed by atoms with Gasteiger partial charge < -0.3 is 5.32 Å². The minimum absolute atomic E-state index is 0.853. The first-order valence-electron chi connectivity index (χ1n) is 9.87. The minimum Gasteiger partial charge on any atom is -0.388 e. The maximum Gasteiger partial charge on any atom is 0.0141 e. The molecular weight excluding hydrogens is 266 g/mol. The number of hydrogen-bond acceptors (Lipinski definition) is 1. The minimum atomic E-state index is 0.853. The second-order valence-corrected chi connectivity index (χ2v) is 6.81. The third-order valence-corrected chi connectivity index (χ3v) is 5.19. The summed E-state index contributed by atoms with van der Waals surface area (Å²) < 4.78 is 0. The highest BCUT2D eigenvalue weighted by Crippen LogP contribution is 2.37. The Morgan fingerprint density at radius 2 is 1.68 bits per heavy atom. The molecule has 0 aliphatic heterocycles. The monoisotopic (exact) mass is 305 g/mol. The van der Waals surface area contributed by atoms with Crippen LogP contribution in [0.1, 0.15) is 91.9 Å². The van der Waals surface area contributed by atoms with Crippen LogP contribution in [-0.2, 0) is 0 Å². The van der Waals surface area contributed by atoms with E-state index in [1.807, 2.05) is 0 Å². The van der Waals surface area contributed by atoms with Crippen molar-refractivity contribution in [2.75, 3.05) is 6.54 Å². The molecule has 1 aliphatic rings. The van der Waals surface area contributed by atoms with Crippen LogP contribution in [0.25, 0.3) is 0 Å². The molecule has 1 saturated carbocycles. The molecule has 22 heavy (non-hydrogen) atoms. The molecule has 1 fully saturated rings. The zero-order valence-electron chi connectivity index (χ0n) is 15.6. The van der Waals surface area contributed by atoms with E-state index in [2.05, 4.69) is 45.2 Å². The Bertz CT molecular complexity index is 332. The van der Waals surface area contributed by atoms with Crippen LogP contribution in [0, 0.1) is 11.8 Å². The summed E-state index contributed by atoms with van der Waals surface area (Å²) in [6.45, 7) is 10.3. The fourth-order valence-corrected chi connectivity index (χ4v) is 3.91. The lowest BCUT2D eigenvalue weighted by atomic mass is 9.75. The van der Waals surface area contributed by atoms with Crippen LogP contribution in [0.15, 0.2) is 23.4 Å². The maximum atomic E-state index is 3.70. The Kier molecular flexibility index (Phi) is 10.4. The molecule has 0 atom stereocenters. The van der Waals surface area contributed by atoms with Gasteiger partial charge in [-0.2, -0.15) is 0 Å². The normalized spacial score (nSPS) is 23.6. The molecule has 0 radical (unpaired) electrons. The molecule has 0 aromatic heterocycles. The highest BCUT2D eigenvalue weighted by Gasteiger charge is 2.24. The van der Waals surface area contributed by atoms with Gasteiger partial charge in [-0.3, -0.25) is 0 Å². The van der Waals surface area contributed by atoms with Gasteiger partial charge in [-0.15, -0.1) is 0 Å². The molecule has 0 bridgehead atoms. The van der Waals surface area contributed by atoms with E-state index in [4.69, 9.17) is 0 Å². The van der Waals surface area contributed by atoms with Gasteiger partial charge in [0, 0.05) is 12.2 Å². The maximum absolute atomic E-state index is 3.70. The molecule has 128 valence electrons. The van der Waals surface area contributed by atoms with E-state index in [1.165, 1.54) is 64.2 Å². The van der Waals surface area contributed by atoms with Gasteiger partial charge in [-0.05, 0) is 81.6 Å². The summed E-state index contributed by atoms with van der Waals surface area (Å²) in [7, 11) is 0. The van der Waals surface area contributed by atoms with Crippen molar-refractivity contribution in [1.29, 1.82) is 0 Å². The van der Waals surface area contributed by atoms with E-state index >= 15 is 0 Å². The molecule has 1 nitrogen and oxygen atoms in total. The van der Waals surface area contributed by atoms with Gasteiger partial charge in [0.15, 0.2) is 0 Å². The predicted molar refractivity (Wildman–Crippen MR) is 100 cm³/mol. The summed E-state index contributed by atoms with van der Waals surface area (Å²) in [5, 5.41) is 3.70. The van der Waals surface area contributed by atoms with Crippen LogP contribution in [0.5, 0.6) is 0 Å². The average molecular weight is 306 g/mol. The van der Waals surface area contributed by atoms with Gasteiger partial charge in [0.2, 0.25) is 0 Å². The number of rotatable bonds is 10. The molecule has 0 aromatic carbocycles. The van der Waals surface area contributed by atoms with Crippen molar-refractivity contribution in [1.82, 2.24) is 5.32 Å². The van der Waals surface area contributed by atoms with Gasteiger partial charge in [0.05, 0.1) is 0 Å². The van der Waals surface area contributed by atoms with Crippen molar-refractivity contribution in [3.63, 3.8) is 0 Å². The predicted octanol–water partition coefficient (Wildman–Crippen LogP) is 6.61. The van der Waals surface area contributed by atoms with Crippen LogP contribution in [0.3, 0.4) is 0 Å². The molecule has 0 unspecified atom stereocenters. The number of allylic oxidation sites excluding steroid dienone is 4. The standard InChI is InChI=1S/C21H39N/c1-5-9-10-11-12-18-13-15-19(16-14-18)20(7-3)21(8-4)22-17-6-2/h9-10,18-19,22H,5-8,11-17H2,1-4H3/b10-9-,21-20-. The highest BCUT2D eigenvalue weighted by atomic mass is 14.9. The van der Waals surface area contributed by atoms with Crippen LogP contribution in [0.4, 0.5) is 0 Å². The Hall–Kier alpha value is -0.720. The smallest absolute Gasteiger partial charge is 0.0141 e. The van der Waals surface area contributed by atoms with Crippen molar-refractivity contribution in [3.05, 3.63) is 23.4 Å². The van der Waals surface area contributed by atoms with Gasteiger partial charge in [-0.1, -0.05) is 39.8 Å². The summed E-state index contributed by atoms with van der Waals surface area (Å²) in [6, 6.07) is 0. The first-order chi connectivity index (χ1) is 10.8. The van der Waals surface area contributed by atoms with E-state index in [9.17, 15) is 0 Å². The summed E-state index contributed by atoms with van der Waals surface area (Å²) in [5.41, 5.74) is 3.29. The molecule has 0 heterocycles. The Morgan fingerprint density at radius 1 is 0.955 bits per heavy atom. The van der Waals surface area contributed by atoms with E-state index in [0.29, 0.717) is 0 Å². The summed E-state index contributed by atoms with van der Waals surface area (Å²) in [4.78, 5) is 0. The lowest BCUT2D eigenvalue weighted by molar-refractivity contribution is 0.284. The van der Waals surface area contributed by atoms with Crippen molar-refractivity contribution in [2.45, 2.75) is 91.9 Å². The van der Waals surface area contributed by atoms with Gasteiger partial charge >= 0.3 is 0 Å². The molecule has 1 aliphatic carbocycles. The molecule has 0 saturated heterocycles. The van der Waals surface area contributed by atoms with Crippen molar-refractivity contribution >= 4 is 0 Å². The number of nitrogens with one attached hydrogen (secondary N) is 1. The van der Waals surface area contributed by atoms with Crippen molar-refractivity contribution in [3.8, 4) is 0 Å². The average Bonchev–Trinajstić information content (AvgIpc) is 2.56. The largest absolute Gasteiger partial charge is 0.388 e. The van der Waals surface area contributed by atoms with Crippen LogP contribution in [-0.4, -0.2) is 6.54 Å². The fraction of sp³-hybridized carbons (Fsp3) is 0.810. The zero-order valence-corrected chi connectivity index (χ0v) is 15.6. The van der Waals surface area contributed by atoms with E-state index < -0.39 is 0 Å². The second kappa shape index (κ2) is 11.8. The molecule has 0 spiro atoms. The Balaban J connectivity index is 2.49. The molecule has 0 aromatic rings. The first-order valence-corrected chi connectivity index (χ1v) is 9.87. The second-order valence-electron chi connectivity index (χ2n) is 6.81. The fourth-order valence-electron chi connectivity index (χ4n) is 3.91. The first kappa shape index (κ1) is 19.3. The lowest BCUT2D eigenvalue weighted by Crippen LogP contribution is -2.22. The Labute approximate surface area is 139 Å². The van der Waals surface area contributed by atoms with Crippen LogP contribution >= 0.6 is 0 Å². The zero-order chi connectivity index (χ0) is 16.2. The van der Waals surface area contributed by atoms with Crippen molar-refractivity contribution < 1.29 is 0 Å². The quantitative estimate of drug-likeness (QED) is 0.448. The topological polar surface area (TPSA) is 12.0 Å². The van der Waals surface area contributed by atoms with E-state index in [1.54, 1.807) is 11.3 Å². The van der Waals surface area contributed by atoms with Gasteiger partial charge in [0.1, 0.15) is 0 Å². The summed E-state index contributed by atoms with van der Waals surface area (Å²) in [5.74, 6) is 1.83. The molecule has 1 rings (SSSR count). The van der Waals surface area contributed by atoms with Gasteiger partial charge in [-0.25, -0.2) is 0 Å². The van der Waals surface area contributed by atoms with E-state index in [-0.39, 0.29) is 0 Å². The SMILES string of the molecule is CC/C=C\CCC1CCC(/C(CC)=C(/CC)NCCC)CC1. The van der Waals surface area contributed by atoms with Gasteiger partial charge in [0.25, 0.3) is 0 Å². The van der Waals surface area contributed by atoms with Crippen molar-refractivity contribution in [2.24, 2.45) is 11.8 Å². The lowest BCUT2D eigenvalue weighted by Gasteiger charge is -2.31. The summed E-state index contributed by atoms with van der Waals surface area (Å²) in [6.07, 6.45) is 17.9. The third kappa shape index (κ3) is 6.58. The third-order valence-electron chi connectivity index (χ3n) is 5.19. The van der Waals surface area contributed by atoms with Crippen LogP contribution < -0.4 is 5.32 Å². The summed E-state index contributed by atoms with van der Waals surface area (Å²) >= 11 is 0. The van der Waals surface area contributed by atoms with E-state index in [0.717, 1.165) is 18.4 Å². The molecule has 0 amide bonds. The number of hydrogen-bond donors (Lipinski definition) is 1.